The third-order valence-electron chi connectivity index (χ3n) is 3.21. The molecule has 0 unspecified atom stereocenters. The zero-order valence-corrected chi connectivity index (χ0v) is 11.5. The van der Waals surface area contributed by atoms with E-state index in [9.17, 15) is 9.18 Å². The van der Waals surface area contributed by atoms with Gasteiger partial charge in [0.2, 0.25) is 5.91 Å². The van der Waals surface area contributed by atoms with Gasteiger partial charge in [0.05, 0.1) is 6.54 Å². The van der Waals surface area contributed by atoms with E-state index in [1.807, 2.05) is 17.7 Å². The highest BCUT2D eigenvalue weighted by atomic mass is 19.1. The van der Waals surface area contributed by atoms with Crippen molar-refractivity contribution in [2.45, 2.75) is 26.9 Å². The first-order valence-electron chi connectivity index (χ1n) is 6.36. The number of carbonyl (C=O) groups is 1. The molecule has 1 aromatic carbocycles. The van der Waals surface area contributed by atoms with Crippen LogP contribution in [0.1, 0.15) is 28.7 Å². The average molecular weight is 276 g/mol. The predicted octanol–water partition coefficient (Wildman–Crippen LogP) is 2.06. The van der Waals surface area contributed by atoms with E-state index in [-0.39, 0.29) is 5.56 Å². The maximum absolute atomic E-state index is 13.7. The monoisotopic (exact) mass is 276 g/mol. The molecule has 0 bridgehead atoms. The van der Waals surface area contributed by atoms with Gasteiger partial charge in [0.1, 0.15) is 11.6 Å². The van der Waals surface area contributed by atoms with Crippen LogP contribution in [-0.4, -0.2) is 15.5 Å². The molecule has 20 heavy (non-hydrogen) atoms. The lowest BCUT2D eigenvalue weighted by atomic mass is 10.1. The van der Waals surface area contributed by atoms with Crippen molar-refractivity contribution in [2.24, 2.45) is 5.73 Å². The lowest BCUT2D eigenvalue weighted by molar-refractivity contribution is 0.1000. The van der Waals surface area contributed by atoms with Gasteiger partial charge in [-0.3, -0.25) is 4.79 Å². The molecule has 0 aliphatic carbocycles. The third kappa shape index (κ3) is 2.79. The first-order chi connectivity index (χ1) is 9.52. The van der Waals surface area contributed by atoms with Crippen LogP contribution in [0.25, 0.3) is 0 Å². The molecule has 0 spiro atoms. The minimum Gasteiger partial charge on any atom is -0.377 e. The van der Waals surface area contributed by atoms with Gasteiger partial charge in [-0.2, -0.15) is 0 Å². The van der Waals surface area contributed by atoms with Gasteiger partial charge in [-0.1, -0.05) is 0 Å². The average Bonchev–Trinajstić information content (AvgIpc) is 2.87. The normalized spacial score (nSPS) is 10.6. The van der Waals surface area contributed by atoms with Crippen LogP contribution < -0.4 is 11.1 Å². The number of amides is 1. The lowest BCUT2D eigenvalue weighted by Crippen LogP contribution is -2.14. The second-order valence-electron chi connectivity index (χ2n) is 4.48. The van der Waals surface area contributed by atoms with Crippen LogP contribution in [0.15, 0.2) is 24.5 Å². The van der Waals surface area contributed by atoms with Crippen LogP contribution in [0.5, 0.6) is 0 Å². The third-order valence-corrected chi connectivity index (χ3v) is 3.21. The van der Waals surface area contributed by atoms with Crippen LogP contribution in [0.2, 0.25) is 0 Å². The molecule has 1 heterocycles. The molecule has 0 aliphatic heterocycles. The minimum absolute atomic E-state index is 0.148. The zero-order valence-electron chi connectivity index (χ0n) is 11.5. The van der Waals surface area contributed by atoms with Gasteiger partial charge in [0, 0.05) is 35.8 Å². The van der Waals surface area contributed by atoms with Crippen molar-refractivity contribution in [1.29, 1.82) is 0 Å². The Hall–Kier alpha value is -2.37. The molecule has 1 amide bonds. The Labute approximate surface area is 116 Å². The Kier molecular flexibility index (Phi) is 4.02. The molecular weight excluding hydrogens is 259 g/mol. The fourth-order valence-corrected chi connectivity index (χ4v) is 1.97. The number of benzene rings is 1. The minimum atomic E-state index is -0.651. The number of anilines is 1. The lowest BCUT2D eigenvalue weighted by Gasteiger charge is -2.12. The number of hydrogen-bond donors (Lipinski definition) is 2. The molecule has 106 valence electrons. The van der Waals surface area contributed by atoms with E-state index in [1.165, 1.54) is 0 Å². The van der Waals surface area contributed by atoms with Gasteiger partial charge in [0.15, 0.2) is 0 Å². The van der Waals surface area contributed by atoms with E-state index in [4.69, 9.17) is 5.73 Å². The molecule has 0 atom stereocenters. The predicted molar refractivity (Wildman–Crippen MR) is 74.9 cm³/mol. The van der Waals surface area contributed by atoms with Gasteiger partial charge in [-0.05, 0) is 26.0 Å². The summed E-state index contributed by atoms with van der Waals surface area (Å²) in [6, 6.07) is 2.70. The maximum Gasteiger partial charge on any atom is 0.248 e. The second-order valence-corrected chi connectivity index (χ2v) is 4.48. The quantitative estimate of drug-likeness (QED) is 0.878. The first-order valence-corrected chi connectivity index (χ1v) is 6.36. The van der Waals surface area contributed by atoms with Gasteiger partial charge in [-0.15, -0.1) is 0 Å². The molecular formula is C14H17FN4O. The van der Waals surface area contributed by atoms with Crippen LogP contribution in [0.3, 0.4) is 0 Å². The van der Waals surface area contributed by atoms with Crippen LogP contribution in [0.4, 0.5) is 10.1 Å². The SMILES string of the molecule is CCn1ccnc1CNc1cc(C(N)=O)cc(F)c1C. The molecule has 6 heteroatoms. The molecule has 2 rings (SSSR count). The highest BCUT2D eigenvalue weighted by Crippen LogP contribution is 2.21. The van der Waals surface area contributed by atoms with E-state index < -0.39 is 11.7 Å². The Morgan fingerprint density at radius 3 is 2.90 bits per heavy atom. The number of primary amides is 1. The van der Waals surface area contributed by atoms with Crippen LogP contribution in [0, 0.1) is 12.7 Å². The van der Waals surface area contributed by atoms with Crippen molar-refractivity contribution >= 4 is 11.6 Å². The number of imidazole rings is 1. The summed E-state index contributed by atoms with van der Waals surface area (Å²) in [5.74, 6) is -0.263. The number of hydrogen-bond acceptors (Lipinski definition) is 3. The van der Waals surface area contributed by atoms with E-state index in [1.54, 1.807) is 19.2 Å². The highest BCUT2D eigenvalue weighted by Gasteiger charge is 2.11. The maximum atomic E-state index is 13.7. The van der Waals surface area contributed by atoms with Crippen LogP contribution >= 0.6 is 0 Å². The number of nitrogens with zero attached hydrogens (tertiary/aromatic N) is 2. The topological polar surface area (TPSA) is 72.9 Å². The number of carbonyl (C=O) groups excluding carboxylic acids is 1. The van der Waals surface area contributed by atoms with Crippen molar-refractivity contribution in [2.75, 3.05) is 5.32 Å². The first kappa shape index (κ1) is 14.0. The van der Waals surface area contributed by atoms with Crippen molar-refractivity contribution in [3.8, 4) is 0 Å². The largest absolute Gasteiger partial charge is 0.377 e. The number of aromatic nitrogens is 2. The number of halogens is 1. The summed E-state index contributed by atoms with van der Waals surface area (Å²) in [6.45, 7) is 4.92. The summed E-state index contributed by atoms with van der Waals surface area (Å²) in [7, 11) is 0. The Balaban J connectivity index is 2.23. The summed E-state index contributed by atoms with van der Waals surface area (Å²) in [4.78, 5) is 15.4. The summed E-state index contributed by atoms with van der Waals surface area (Å²) in [6.07, 6.45) is 3.60. The summed E-state index contributed by atoms with van der Waals surface area (Å²) in [5.41, 5.74) is 6.33. The summed E-state index contributed by atoms with van der Waals surface area (Å²) >= 11 is 0. The van der Waals surface area contributed by atoms with Gasteiger partial charge in [0.25, 0.3) is 0 Å². The highest BCUT2D eigenvalue weighted by molar-refractivity contribution is 5.94. The van der Waals surface area contributed by atoms with Gasteiger partial charge >= 0.3 is 0 Å². The number of aryl methyl sites for hydroxylation is 1. The Bertz CT molecular complexity index is 636. The zero-order chi connectivity index (χ0) is 14.7. The fraction of sp³-hybridized carbons (Fsp3) is 0.286. The Morgan fingerprint density at radius 2 is 2.25 bits per heavy atom. The molecule has 0 fully saturated rings. The fourth-order valence-electron chi connectivity index (χ4n) is 1.97. The van der Waals surface area contributed by atoms with E-state index >= 15 is 0 Å². The molecule has 0 saturated heterocycles. The van der Waals surface area contributed by atoms with E-state index in [0.29, 0.717) is 17.8 Å². The molecule has 5 nitrogen and oxygen atoms in total. The molecule has 1 aromatic heterocycles. The second kappa shape index (κ2) is 5.73. The van der Waals surface area contributed by atoms with Crippen LogP contribution in [-0.2, 0) is 13.1 Å². The van der Waals surface area contributed by atoms with Gasteiger partial charge in [-0.25, -0.2) is 9.37 Å². The number of nitrogens with one attached hydrogen (secondary N) is 1. The van der Waals surface area contributed by atoms with Crippen molar-refractivity contribution in [1.82, 2.24) is 9.55 Å². The van der Waals surface area contributed by atoms with Gasteiger partial charge < -0.3 is 15.6 Å². The molecule has 3 N–H and O–H groups in total. The standard InChI is InChI=1S/C14H17FN4O/c1-3-19-5-4-17-13(19)8-18-12-7-10(14(16)20)6-11(15)9(12)2/h4-7,18H,3,8H2,1-2H3,(H2,16,20). The van der Waals surface area contributed by atoms with Crippen molar-refractivity contribution in [3.05, 3.63) is 47.3 Å². The van der Waals surface area contributed by atoms with Crippen molar-refractivity contribution < 1.29 is 9.18 Å². The summed E-state index contributed by atoms with van der Waals surface area (Å²) in [5, 5.41) is 3.10. The molecule has 2 aromatic rings. The van der Waals surface area contributed by atoms with Crippen molar-refractivity contribution in [3.63, 3.8) is 0 Å². The van der Waals surface area contributed by atoms with E-state index in [2.05, 4.69) is 10.3 Å². The number of rotatable bonds is 5. The smallest absolute Gasteiger partial charge is 0.248 e. The molecule has 0 aliphatic rings. The Morgan fingerprint density at radius 1 is 1.50 bits per heavy atom. The summed E-state index contributed by atoms with van der Waals surface area (Å²) < 4.78 is 15.7. The van der Waals surface area contributed by atoms with E-state index in [0.717, 1.165) is 18.4 Å². The number of nitrogens with two attached hydrogens (primary N) is 1. The molecule has 0 saturated carbocycles. The molecule has 0 radical (unpaired) electrons.